The third-order valence-corrected chi connectivity index (χ3v) is 1.90. The lowest BCUT2D eigenvalue weighted by Gasteiger charge is -1.93. The van der Waals surface area contributed by atoms with Crippen LogP contribution < -0.4 is 0 Å². The fourth-order valence-corrected chi connectivity index (χ4v) is 1.25. The zero-order valence-electron chi connectivity index (χ0n) is 8.04. The number of ether oxygens (including phenoxy) is 1. The van der Waals surface area contributed by atoms with E-state index in [1.807, 2.05) is 0 Å². The molecule has 0 spiro atoms. The molecular weight excluding hydrogens is 198 g/mol. The van der Waals surface area contributed by atoms with Gasteiger partial charge in [-0.15, -0.1) is 5.10 Å². The van der Waals surface area contributed by atoms with Gasteiger partial charge in [-0.3, -0.25) is 0 Å². The summed E-state index contributed by atoms with van der Waals surface area (Å²) in [5.41, 5.74) is 0.781. The van der Waals surface area contributed by atoms with E-state index in [2.05, 4.69) is 10.1 Å². The number of rotatable bonds is 3. The Morgan fingerprint density at radius 3 is 3.07 bits per heavy atom. The number of methoxy groups -OCH3 is 1. The summed E-state index contributed by atoms with van der Waals surface area (Å²) in [5, 5.41) is 12.8. The number of carboxylic acid groups (broad SMARTS) is 1. The highest BCUT2D eigenvalue weighted by molar-refractivity contribution is 5.87. The minimum Gasteiger partial charge on any atom is -0.478 e. The Morgan fingerprint density at radius 1 is 1.60 bits per heavy atom. The molecule has 0 saturated heterocycles. The Kier molecular flexibility index (Phi) is 2.34. The van der Waals surface area contributed by atoms with Gasteiger partial charge in [0.25, 0.3) is 0 Å². The number of hydrogen-bond acceptors (Lipinski definition) is 4. The molecule has 0 radical (unpaired) electrons. The highest BCUT2D eigenvalue weighted by atomic mass is 16.5. The van der Waals surface area contributed by atoms with Crippen molar-refractivity contribution in [3.8, 4) is 0 Å². The van der Waals surface area contributed by atoms with Crippen LogP contribution in [-0.2, 0) is 11.3 Å². The van der Waals surface area contributed by atoms with E-state index in [0.29, 0.717) is 18.1 Å². The largest absolute Gasteiger partial charge is 0.478 e. The van der Waals surface area contributed by atoms with Gasteiger partial charge in [0.15, 0.2) is 11.5 Å². The Labute approximate surface area is 85.1 Å². The summed E-state index contributed by atoms with van der Waals surface area (Å²) in [7, 11) is 1.55. The second-order valence-corrected chi connectivity index (χ2v) is 2.99. The zero-order chi connectivity index (χ0) is 10.8. The number of carboxylic acids is 1. The normalized spacial score (nSPS) is 10.7. The number of pyridine rings is 1. The van der Waals surface area contributed by atoms with Gasteiger partial charge >= 0.3 is 5.97 Å². The molecule has 2 aromatic rings. The van der Waals surface area contributed by atoms with Crippen molar-refractivity contribution >= 4 is 11.6 Å². The van der Waals surface area contributed by atoms with Crippen molar-refractivity contribution in [2.45, 2.75) is 6.61 Å². The smallest absolute Gasteiger partial charge is 0.337 e. The molecule has 6 nitrogen and oxygen atoms in total. The average molecular weight is 207 g/mol. The van der Waals surface area contributed by atoms with Crippen LogP contribution in [-0.4, -0.2) is 32.8 Å². The third kappa shape index (κ3) is 1.79. The summed E-state index contributed by atoms with van der Waals surface area (Å²) in [4.78, 5) is 14.8. The van der Waals surface area contributed by atoms with Gasteiger partial charge in [0.05, 0.1) is 5.56 Å². The van der Waals surface area contributed by atoms with Crippen molar-refractivity contribution in [2.75, 3.05) is 7.11 Å². The summed E-state index contributed by atoms with van der Waals surface area (Å²) in [6.07, 6.45) is 1.42. The first-order valence-corrected chi connectivity index (χ1v) is 4.28. The summed E-state index contributed by atoms with van der Waals surface area (Å²) in [6, 6.07) is 3.10. The molecular formula is C9H9N3O3. The van der Waals surface area contributed by atoms with Crippen molar-refractivity contribution in [3.05, 3.63) is 29.7 Å². The molecule has 0 fully saturated rings. The number of nitrogens with zero attached hydrogens (tertiary/aromatic N) is 3. The molecule has 2 aromatic heterocycles. The molecule has 0 saturated carbocycles. The molecule has 0 unspecified atom stereocenters. The Balaban J connectivity index is 2.47. The van der Waals surface area contributed by atoms with Crippen LogP contribution in [0.15, 0.2) is 18.3 Å². The molecule has 15 heavy (non-hydrogen) atoms. The van der Waals surface area contributed by atoms with Crippen molar-refractivity contribution in [2.24, 2.45) is 0 Å². The van der Waals surface area contributed by atoms with Gasteiger partial charge in [0.2, 0.25) is 0 Å². The van der Waals surface area contributed by atoms with E-state index in [-0.39, 0.29) is 5.56 Å². The zero-order valence-corrected chi connectivity index (χ0v) is 8.04. The second-order valence-electron chi connectivity index (χ2n) is 2.99. The van der Waals surface area contributed by atoms with Crippen molar-refractivity contribution < 1.29 is 14.6 Å². The summed E-state index contributed by atoms with van der Waals surface area (Å²) >= 11 is 0. The first kappa shape index (κ1) is 9.60. The number of aromatic nitrogens is 3. The summed E-state index contributed by atoms with van der Waals surface area (Å²) in [5.74, 6) is -0.458. The van der Waals surface area contributed by atoms with Crippen molar-refractivity contribution in [3.63, 3.8) is 0 Å². The minimum absolute atomic E-state index is 0.177. The Hall–Kier alpha value is -1.95. The van der Waals surface area contributed by atoms with Crippen LogP contribution >= 0.6 is 0 Å². The maximum Gasteiger partial charge on any atom is 0.337 e. The Bertz CT molecular complexity index is 506. The van der Waals surface area contributed by atoms with Crippen LogP contribution in [0, 0.1) is 0 Å². The lowest BCUT2D eigenvalue weighted by atomic mass is 10.3. The van der Waals surface area contributed by atoms with E-state index in [1.165, 1.54) is 16.8 Å². The van der Waals surface area contributed by atoms with Crippen LogP contribution in [0.2, 0.25) is 0 Å². The summed E-state index contributed by atoms with van der Waals surface area (Å²) in [6.45, 7) is 0.310. The highest BCUT2D eigenvalue weighted by Gasteiger charge is 2.07. The molecule has 78 valence electrons. The van der Waals surface area contributed by atoms with Gasteiger partial charge in [-0.1, -0.05) is 0 Å². The van der Waals surface area contributed by atoms with Gasteiger partial charge in [0, 0.05) is 13.3 Å². The molecule has 2 heterocycles. The van der Waals surface area contributed by atoms with Gasteiger partial charge in [-0.25, -0.2) is 14.3 Å². The van der Waals surface area contributed by atoms with Crippen LogP contribution in [0.4, 0.5) is 0 Å². The molecule has 0 aliphatic heterocycles. The van der Waals surface area contributed by atoms with Crippen molar-refractivity contribution in [1.82, 2.24) is 14.6 Å². The molecule has 6 heteroatoms. The van der Waals surface area contributed by atoms with E-state index in [4.69, 9.17) is 9.84 Å². The Morgan fingerprint density at radius 2 is 2.40 bits per heavy atom. The summed E-state index contributed by atoms with van der Waals surface area (Å²) < 4.78 is 6.31. The predicted octanol–water partition coefficient (Wildman–Crippen LogP) is 0.574. The van der Waals surface area contributed by atoms with Crippen LogP contribution in [0.1, 0.15) is 16.2 Å². The average Bonchev–Trinajstić information content (AvgIpc) is 2.59. The molecule has 1 N–H and O–H groups in total. The maximum absolute atomic E-state index is 10.7. The van der Waals surface area contributed by atoms with E-state index in [1.54, 1.807) is 13.2 Å². The first-order chi connectivity index (χ1) is 7.20. The molecule has 2 rings (SSSR count). The van der Waals surface area contributed by atoms with Gasteiger partial charge < -0.3 is 9.84 Å². The van der Waals surface area contributed by atoms with Gasteiger partial charge in [-0.05, 0) is 12.1 Å². The monoisotopic (exact) mass is 207 g/mol. The molecule has 0 bridgehead atoms. The SMILES string of the molecule is COCc1nc2ccc(C(=O)O)cn2n1. The van der Waals surface area contributed by atoms with E-state index in [9.17, 15) is 4.79 Å². The second kappa shape index (κ2) is 3.66. The molecule has 0 aliphatic rings. The number of hydrogen-bond donors (Lipinski definition) is 1. The number of aromatic carboxylic acids is 1. The van der Waals surface area contributed by atoms with Crippen molar-refractivity contribution in [1.29, 1.82) is 0 Å². The first-order valence-electron chi connectivity index (χ1n) is 4.28. The lowest BCUT2D eigenvalue weighted by molar-refractivity contribution is 0.0696. The predicted molar refractivity (Wildman–Crippen MR) is 50.7 cm³/mol. The van der Waals surface area contributed by atoms with E-state index >= 15 is 0 Å². The topological polar surface area (TPSA) is 76.7 Å². The molecule has 0 aliphatic carbocycles. The minimum atomic E-state index is -0.985. The molecule has 0 aromatic carbocycles. The van der Waals surface area contributed by atoms with E-state index < -0.39 is 5.97 Å². The number of fused-ring (bicyclic) bond motifs is 1. The van der Waals surface area contributed by atoms with Crippen LogP contribution in [0.5, 0.6) is 0 Å². The third-order valence-electron chi connectivity index (χ3n) is 1.90. The highest BCUT2D eigenvalue weighted by Crippen LogP contribution is 2.05. The van der Waals surface area contributed by atoms with E-state index in [0.717, 1.165) is 0 Å². The van der Waals surface area contributed by atoms with Crippen LogP contribution in [0.25, 0.3) is 5.65 Å². The fourth-order valence-electron chi connectivity index (χ4n) is 1.25. The quantitative estimate of drug-likeness (QED) is 0.796. The standard InChI is InChI=1S/C9H9N3O3/c1-15-5-7-10-8-3-2-6(9(13)14)4-12(8)11-7/h2-4H,5H2,1H3,(H,13,14). The lowest BCUT2D eigenvalue weighted by Crippen LogP contribution is -1.99. The fraction of sp³-hybridized carbons (Fsp3) is 0.222. The van der Waals surface area contributed by atoms with Gasteiger partial charge in [-0.2, -0.15) is 0 Å². The maximum atomic E-state index is 10.7. The van der Waals surface area contributed by atoms with Crippen LogP contribution in [0.3, 0.4) is 0 Å². The molecule has 0 amide bonds. The molecule has 0 atom stereocenters. The number of carbonyl (C=O) groups is 1. The van der Waals surface area contributed by atoms with Gasteiger partial charge in [0.1, 0.15) is 6.61 Å².